The molecule has 0 heterocycles. The third kappa shape index (κ3) is 13.4. The van der Waals surface area contributed by atoms with Crippen LogP contribution in [0.25, 0.3) is 0 Å². The lowest BCUT2D eigenvalue weighted by Crippen LogP contribution is -2.14. The topological polar surface area (TPSA) is 12.0 Å². The summed E-state index contributed by atoms with van der Waals surface area (Å²) in [4.78, 5) is 0. The first-order valence-corrected chi connectivity index (χ1v) is 11.5. The highest BCUT2D eigenvalue weighted by molar-refractivity contribution is 5.28. The number of rotatable bonds is 17. The molecule has 0 bridgehead atoms. The van der Waals surface area contributed by atoms with E-state index in [9.17, 15) is 0 Å². The van der Waals surface area contributed by atoms with Crippen molar-refractivity contribution in [2.24, 2.45) is 0 Å². The van der Waals surface area contributed by atoms with Gasteiger partial charge in [-0.1, -0.05) is 120 Å². The second kappa shape index (κ2) is 16.4. The van der Waals surface area contributed by atoms with Crippen molar-refractivity contribution in [1.82, 2.24) is 5.32 Å². The summed E-state index contributed by atoms with van der Waals surface area (Å²) in [5.41, 5.74) is 4.17. The van der Waals surface area contributed by atoms with Gasteiger partial charge in [0.15, 0.2) is 0 Å². The summed E-state index contributed by atoms with van der Waals surface area (Å²) in [7, 11) is 0. The quantitative estimate of drug-likeness (QED) is 0.279. The lowest BCUT2D eigenvalue weighted by molar-refractivity contribution is 0.529. The van der Waals surface area contributed by atoms with Crippen LogP contribution in [-0.4, -0.2) is 6.54 Å². The molecule has 1 nitrogen and oxygen atoms in total. The standard InChI is InChI=1S/C25H45N/c1-4-5-6-7-8-9-10-11-12-13-14-15-16-17-18-26-22-25-20-23(2)19-24(3)21-25/h19-21,26H,4-18,22H2,1-3H3. The lowest BCUT2D eigenvalue weighted by atomic mass is 10.0. The summed E-state index contributed by atoms with van der Waals surface area (Å²) in [6.07, 6.45) is 20.1. The largest absolute Gasteiger partial charge is 0.313 e. The first-order chi connectivity index (χ1) is 12.7. The number of benzene rings is 1. The predicted molar refractivity (Wildman–Crippen MR) is 118 cm³/mol. The smallest absolute Gasteiger partial charge is 0.0205 e. The molecule has 0 saturated carbocycles. The number of hydrogen-bond donors (Lipinski definition) is 1. The van der Waals surface area contributed by atoms with Crippen molar-refractivity contribution in [3.8, 4) is 0 Å². The minimum absolute atomic E-state index is 1.01. The average Bonchev–Trinajstić information content (AvgIpc) is 2.60. The maximum Gasteiger partial charge on any atom is 0.0205 e. The molecule has 1 aromatic rings. The fraction of sp³-hybridized carbons (Fsp3) is 0.760. The molecule has 0 aliphatic heterocycles. The molecule has 0 atom stereocenters. The molecule has 0 unspecified atom stereocenters. The van der Waals surface area contributed by atoms with Crippen LogP contribution in [0.3, 0.4) is 0 Å². The van der Waals surface area contributed by atoms with Gasteiger partial charge in [0.05, 0.1) is 0 Å². The number of hydrogen-bond acceptors (Lipinski definition) is 1. The van der Waals surface area contributed by atoms with Crippen LogP contribution in [0.1, 0.15) is 114 Å². The third-order valence-electron chi connectivity index (χ3n) is 5.32. The zero-order valence-corrected chi connectivity index (χ0v) is 18.0. The van der Waals surface area contributed by atoms with E-state index in [4.69, 9.17) is 0 Å². The van der Waals surface area contributed by atoms with Gasteiger partial charge in [0, 0.05) is 6.54 Å². The highest BCUT2D eigenvalue weighted by Crippen LogP contribution is 2.13. The van der Waals surface area contributed by atoms with Crippen LogP contribution in [-0.2, 0) is 6.54 Å². The highest BCUT2D eigenvalue weighted by Gasteiger charge is 1.97. The summed E-state index contributed by atoms with van der Waals surface area (Å²) in [5, 5.41) is 3.60. The molecular weight excluding hydrogens is 314 g/mol. The molecule has 1 rings (SSSR count). The van der Waals surface area contributed by atoms with Gasteiger partial charge < -0.3 is 5.32 Å². The SMILES string of the molecule is CCCCCCCCCCCCCCCCNCc1cc(C)cc(C)c1. The van der Waals surface area contributed by atoms with Crippen molar-refractivity contribution in [3.63, 3.8) is 0 Å². The Kier molecular flexibility index (Phi) is 14.6. The van der Waals surface area contributed by atoms with Gasteiger partial charge in [-0.2, -0.15) is 0 Å². The highest BCUT2D eigenvalue weighted by atomic mass is 14.8. The van der Waals surface area contributed by atoms with Gasteiger partial charge in [0.2, 0.25) is 0 Å². The second-order valence-electron chi connectivity index (χ2n) is 8.27. The summed E-state index contributed by atoms with van der Waals surface area (Å²) >= 11 is 0. The molecule has 0 fully saturated rings. The Bertz CT molecular complexity index is 418. The Morgan fingerprint density at radius 1 is 0.577 bits per heavy atom. The van der Waals surface area contributed by atoms with Crippen LogP contribution in [0.15, 0.2) is 18.2 Å². The van der Waals surface area contributed by atoms with Crippen molar-refractivity contribution in [2.75, 3.05) is 6.54 Å². The molecule has 1 aromatic carbocycles. The molecule has 1 heteroatoms. The van der Waals surface area contributed by atoms with E-state index in [1.807, 2.05) is 0 Å². The fourth-order valence-corrected chi connectivity index (χ4v) is 3.85. The van der Waals surface area contributed by atoms with Crippen molar-refractivity contribution in [3.05, 3.63) is 34.9 Å². The minimum Gasteiger partial charge on any atom is -0.313 e. The molecule has 26 heavy (non-hydrogen) atoms. The Balaban J connectivity index is 1.79. The number of nitrogens with one attached hydrogen (secondary N) is 1. The Morgan fingerprint density at radius 2 is 1.00 bits per heavy atom. The van der Waals surface area contributed by atoms with E-state index < -0.39 is 0 Å². The van der Waals surface area contributed by atoms with E-state index in [-0.39, 0.29) is 0 Å². The van der Waals surface area contributed by atoms with Gasteiger partial charge in [-0.05, 0) is 32.4 Å². The Labute approximate surface area is 164 Å². The molecule has 0 spiro atoms. The second-order valence-corrected chi connectivity index (χ2v) is 8.27. The molecule has 0 saturated heterocycles. The Hall–Kier alpha value is -0.820. The third-order valence-corrected chi connectivity index (χ3v) is 5.32. The van der Waals surface area contributed by atoms with Gasteiger partial charge in [0.25, 0.3) is 0 Å². The van der Waals surface area contributed by atoms with Gasteiger partial charge in [-0.25, -0.2) is 0 Å². The summed E-state index contributed by atoms with van der Waals surface area (Å²) in [6.45, 7) is 8.84. The molecule has 0 aliphatic carbocycles. The van der Waals surface area contributed by atoms with Gasteiger partial charge >= 0.3 is 0 Å². The monoisotopic (exact) mass is 359 g/mol. The normalized spacial score (nSPS) is 11.2. The van der Waals surface area contributed by atoms with Crippen molar-refractivity contribution in [1.29, 1.82) is 0 Å². The lowest BCUT2D eigenvalue weighted by Gasteiger charge is -2.07. The summed E-state index contributed by atoms with van der Waals surface area (Å²) < 4.78 is 0. The van der Waals surface area contributed by atoms with Crippen LogP contribution in [0.5, 0.6) is 0 Å². The van der Waals surface area contributed by atoms with Crippen LogP contribution in [0, 0.1) is 13.8 Å². The van der Waals surface area contributed by atoms with E-state index in [2.05, 4.69) is 44.3 Å². The summed E-state index contributed by atoms with van der Waals surface area (Å²) in [6, 6.07) is 6.84. The van der Waals surface area contributed by atoms with Gasteiger partial charge in [0.1, 0.15) is 0 Å². The first kappa shape index (κ1) is 23.2. The van der Waals surface area contributed by atoms with Crippen LogP contribution < -0.4 is 5.32 Å². The van der Waals surface area contributed by atoms with Crippen LogP contribution in [0.2, 0.25) is 0 Å². The van der Waals surface area contributed by atoms with Crippen molar-refractivity contribution >= 4 is 0 Å². The van der Waals surface area contributed by atoms with E-state index in [1.54, 1.807) is 0 Å². The van der Waals surface area contributed by atoms with Crippen molar-refractivity contribution in [2.45, 2.75) is 117 Å². The van der Waals surface area contributed by atoms with Gasteiger partial charge in [-0.3, -0.25) is 0 Å². The first-order valence-electron chi connectivity index (χ1n) is 11.5. The van der Waals surface area contributed by atoms with Gasteiger partial charge in [-0.15, -0.1) is 0 Å². The molecule has 0 radical (unpaired) electrons. The number of unbranched alkanes of at least 4 members (excludes halogenated alkanes) is 13. The summed E-state index contributed by atoms with van der Waals surface area (Å²) in [5.74, 6) is 0. The zero-order chi connectivity index (χ0) is 18.9. The molecule has 0 amide bonds. The molecule has 150 valence electrons. The maximum absolute atomic E-state index is 3.60. The molecule has 0 aliphatic rings. The molecule has 0 aromatic heterocycles. The van der Waals surface area contributed by atoms with E-state index in [0.29, 0.717) is 0 Å². The molecular formula is C25H45N. The van der Waals surface area contributed by atoms with Crippen molar-refractivity contribution < 1.29 is 0 Å². The molecule has 1 N–H and O–H groups in total. The van der Waals surface area contributed by atoms with Crippen LogP contribution in [0.4, 0.5) is 0 Å². The van der Waals surface area contributed by atoms with E-state index >= 15 is 0 Å². The number of aryl methyl sites for hydroxylation is 2. The predicted octanol–water partition coefficient (Wildman–Crippen LogP) is 7.87. The zero-order valence-electron chi connectivity index (χ0n) is 18.0. The average molecular weight is 360 g/mol. The maximum atomic E-state index is 3.60. The minimum atomic E-state index is 1.01. The Morgan fingerprint density at radius 3 is 1.46 bits per heavy atom. The fourth-order valence-electron chi connectivity index (χ4n) is 3.85. The van der Waals surface area contributed by atoms with Crippen LogP contribution >= 0.6 is 0 Å². The van der Waals surface area contributed by atoms with E-state index in [1.165, 1.54) is 107 Å². The van der Waals surface area contributed by atoms with E-state index in [0.717, 1.165) is 13.1 Å².